The van der Waals surface area contributed by atoms with Gasteiger partial charge in [-0.3, -0.25) is 4.79 Å². The molecule has 104 valence electrons. The lowest BCUT2D eigenvalue weighted by molar-refractivity contribution is -0.133. The van der Waals surface area contributed by atoms with Crippen molar-refractivity contribution in [3.8, 4) is 5.75 Å². The number of nitrogens with zero attached hydrogens (tertiary/aromatic N) is 1. The minimum Gasteiger partial charge on any atom is -0.483 e. The Bertz CT molecular complexity index is 443. The number of carbonyl (C=O) groups excluding carboxylic acids is 1. The second-order valence-electron chi connectivity index (χ2n) is 4.68. The van der Waals surface area contributed by atoms with E-state index in [0.717, 1.165) is 38.2 Å². The average Bonchev–Trinajstić information content (AvgIpc) is 2.66. The molecule has 0 bridgehead atoms. The summed E-state index contributed by atoms with van der Waals surface area (Å²) < 4.78 is 5.58. The Morgan fingerprint density at radius 2 is 2.26 bits per heavy atom. The minimum absolute atomic E-state index is 0.0399. The summed E-state index contributed by atoms with van der Waals surface area (Å²) in [4.78, 5) is 13.9. The third-order valence-corrected chi connectivity index (χ3v) is 3.42. The van der Waals surface area contributed by atoms with Crippen LogP contribution in [0, 0.1) is 6.92 Å². The van der Waals surface area contributed by atoms with Crippen molar-refractivity contribution < 1.29 is 9.53 Å². The molecule has 19 heavy (non-hydrogen) atoms. The van der Waals surface area contributed by atoms with E-state index in [2.05, 4.69) is 5.32 Å². The summed E-state index contributed by atoms with van der Waals surface area (Å²) in [7, 11) is 0. The minimum atomic E-state index is 0.0399. The molecule has 1 aliphatic rings. The van der Waals surface area contributed by atoms with Gasteiger partial charge >= 0.3 is 0 Å². The first-order valence-corrected chi connectivity index (χ1v) is 6.92. The summed E-state index contributed by atoms with van der Waals surface area (Å²) >= 11 is 5.88. The summed E-state index contributed by atoms with van der Waals surface area (Å²) in [5.41, 5.74) is 0.942. The van der Waals surface area contributed by atoms with Crippen molar-refractivity contribution in [1.82, 2.24) is 10.2 Å². The molecule has 0 spiro atoms. The van der Waals surface area contributed by atoms with Gasteiger partial charge in [-0.2, -0.15) is 0 Å². The zero-order chi connectivity index (χ0) is 13.7. The predicted molar refractivity (Wildman–Crippen MR) is 75.8 cm³/mol. The van der Waals surface area contributed by atoms with Gasteiger partial charge in [0, 0.05) is 24.7 Å². The molecule has 2 rings (SSSR count). The predicted octanol–water partition coefficient (Wildman–Crippen LogP) is 1.85. The number of nitrogens with one attached hydrogen (secondary N) is 1. The van der Waals surface area contributed by atoms with Crippen LogP contribution >= 0.6 is 11.6 Å². The molecule has 0 aromatic heterocycles. The van der Waals surface area contributed by atoms with Gasteiger partial charge in [0.1, 0.15) is 5.75 Å². The Labute approximate surface area is 118 Å². The maximum atomic E-state index is 12.0. The number of aryl methyl sites for hydroxylation is 1. The van der Waals surface area contributed by atoms with Gasteiger partial charge in [-0.05, 0) is 43.7 Å². The van der Waals surface area contributed by atoms with E-state index in [1.165, 1.54) is 0 Å². The smallest absolute Gasteiger partial charge is 0.260 e. The van der Waals surface area contributed by atoms with Crippen LogP contribution in [-0.4, -0.2) is 43.6 Å². The molecule has 5 heteroatoms. The number of halogens is 1. The Kier molecular flexibility index (Phi) is 5.05. The van der Waals surface area contributed by atoms with Gasteiger partial charge in [0.15, 0.2) is 6.61 Å². The second kappa shape index (κ2) is 6.78. The lowest BCUT2D eigenvalue weighted by Gasteiger charge is -2.20. The molecule has 1 fully saturated rings. The van der Waals surface area contributed by atoms with Crippen molar-refractivity contribution in [3.63, 3.8) is 0 Å². The van der Waals surface area contributed by atoms with Gasteiger partial charge in [0.2, 0.25) is 0 Å². The number of hydrogen-bond donors (Lipinski definition) is 1. The Balaban J connectivity index is 1.88. The monoisotopic (exact) mass is 282 g/mol. The van der Waals surface area contributed by atoms with Crippen LogP contribution in [0.1, 0.15) is 12.0 Å². The highest BCUT2D eigenvalue weighted by Crippen LogP contribution is 2.21. The fraction of sp³-hybridized carbons (Fsp3) is 0.500. The van der Waals surface area contributed by atoms with Crippen molar-refractivity contribution >= 4 is 17.5 Å². The van der Waals surface area contributed by atoms with E-state index in [4.69, 9.17) is 16.3 Å². The number of rotatable bonds is 3. The quantitative estimate of drug-likeness (QED) is 0.920. The highest BCUT2D eigenvalue weighted by Gasteiger charge is 2.15. The third kappa shape index (κ3) is 4.11. The van der Waals surface area contributed by atoms with Gasteiger partial charge in [-0.1, -0.05) is 11.6 Å². The van der Waals surface area contributed by atoms with E-state index >= 15 is 0 Å². The summed E-state index contributed by atoms with van der Waals surface area (Å²) in [6.07, 6.45) is 0.992. The molecule has 0 aliphatic carbocycles. The van der Waals surface area contributed by atoms with Crippen molar-refractivity contribution in [3.05, 3.63) is 28.8 Å². The molecule has 4 nitrogen and oxygen atoms in total. The molecule has 1 amide bonds. The molecule has 0 radical (unpaired) electrons. The fourth-order valence-electron chi connectivity index (χ4n) is 2.10. The first-order valence-electron chi connectivity index (χ1n) is 6.54. The molecule has 1 saturated heterocycles. The standard InChI is InChI=1S/C14H19ClN2O2/c1-11-9-12(15)3-4-13(11)19-10-14(18)17-7-2-5-16-6-8-17/h3-4,9,16H,2,5-8,10H2,1H3. The average molecular weight is 283 g/mol. The first kappa shape index (κ1) is 14.2. The van der Waals surface area contributed by atoms with Crippen LogP contribution in [0.25, 0.3) is 0 Å². The molecule has 1 heterocycles. The molecule has 1 aliphatic heterocycles. The van der Waals surface area contributed by atoms with E-state index < -0.39 is 0 Å². The van der Waals surface area contributed by atoms with Gasteiger partial charge in [0.25, 0.3) is 5.91 Å². The van der Waals surface area contributed by atoms with Crippen LogP contribution in [0.2, 0.25) is 5.02 Å². The third-order valence-electron chi connectivity index (χ3n) is 3.18. The highest BCUT2D eigenvalue weighted by atomic mass is 35.5. The number of benzene rings is 1. The highest BCUT2D eigenvalue weighted by molar-refractivity contribution is 6.30. The first-order chi connectivity index (χ1) is 9.16. The molecular formula is C14H19ClN2O2. The van der Waals surface area contributed by atoms with E-state index in [1.807, 2.05) is 17.9 Å². The lowest BCUT2D eigenvalue weighted by Crippen LogP contribution is -2.37. The lowest BCUT2D eigenvalue weighted by atomic mass is 10.2. The summed E-state index contributed by atoms with van der Waals surface area (Å²) in [5, 5.41) is 3.95. The summed E-state index contributed by atoms with van der Waals surface area (Å²) in [6.45, 7) is 5.38. The van der Waals surface area contributed by atoms with E-state index in [0.29, 0.717) is 10.8 Å². The van der Waals surface area contributed by atoms with E-state index in [9.17, 15) is 4.79 Å². The zero-order valence-corrected chi connectivity index (χ0v) is 11.9. The number of amides is 1. The maximum Gasteiger partial charge on any atom is 0.260 e. The Morgan fingerprint density at radius 3 is 3.05 bits per heavy atom. The molecular weight excluding hydrogens is 264 g/mol. The number of ether oxygens (including phenoxy) is 1. The van der Waals surface area contributed by atoms with Crippen molar-refractivity contribution in [2.24, 2.45) is 0 Å². The topological polar surface area (TPSA) is 41.6 Å². The second-order valence-corrected chi connectivity index (χ2v) is 5.12. The molecule has 0 saturated carbocycles. The Morgan fingerprint density at radius 1 is 1.42 bits per heavy atom. The van der Waals surface area contributed by atoms with Gasteiger partial charge in [-0.25, -0.2) is 0 Å². The van der Waals surface area contributed by atoms with E-state index in [1.54, 1.807) is 12.1 Å². The van der Waals surface area contributed by atoms with Gasteiger partial charge in [0.05, 0.1) is 0 Å². The van der Waals surface area contributed by atoms with Crippen LogP contribution in [0.5, 0.6) is 5.75 Å². The molecule has 1 aromatic carbocycles. The Hall–Kier alpha value is -1.26. The van der Waals surface area contributed by atoms with Crippen molar-refractivity contribution in [1.29, 1.82) is 0 Å². The van der Waals surface area contributed by atoms with Crippen LogP contribution < -0.4 is 10.1 Å². The largest absolute Gasteiger partial charge is 0.483 e. The number of hydrogen-bond acceptors (Lipinski definition) is 3. The van der Waals surface area contributed by atoms with E-state index in [-0.39, 0.29) is 12.5 Å². The summed E-state index contributed by atoms with van der Waals surface area (Å²) in [5.74, 6) is 0.753. The van der Waals surface area contributed by atoms with Gasteiger partial charge < -0.3 is 15.0 Å². The van der Waals surface area contributed by atoms with Crippen molar-refractivity contribution in [2.45, 2.75) is 13.3 Å². The SMILES string of the molecule is Cc1cc(Cl)ccc1OCC(=O)N1CCCNCC1. The molecule has 1 N–H and O–H groups in total. The van der Waals surface area contributed by atoms with Crippen LogP contribution in [0.15, 0.2) is 18.2 Å². The van der Waals surface area contributed by atoms with Crippen LogP contribution in [0.3, 0.4) is 0 Å². The molecule has 0 unspecified atom stereocenters. The normalized spacial score (nSPS) is 16.0. The van der Waals surface area contributed by atoms with Crippen LogP contribution in [-0.2, 0) is 4.79 Å². The zero-order valence-electron chi connectivity index (χ0n) is 11.1. The molecule has 1 aromatic rings. The van der Waals surface area contributed by atoms with Gasteiger partial charge in [-0.15, -0.1) is 0 Å². The molecule has 0 atom stereocenters. The van der Waals surface area contributed by atoms with Crippen molar-refractivity contribution in [2.75, 3.05) is 32.8 Å². The maximum absolute atomic E-state index is 12.0. The fourth-order valence-corrected chi connectivity index (χ4v) is 2.33. The number of carbonyl (C=O) groups is 1. The van der Waals surface area contributed by atoms with Crippen LogP contribution in [0.4, 0.5) is 0 Å². The summed E-state index contributed by atoms with van der Waals surface area (Å²) in [6, 6.07) is 5.40.